The Kier molecular flexibility index (Phi) is 4.34. The lowest BCUT2D eigenvalue weighted by atomic mass is 9.68. The van der Waals surface area contributed by atoms with Crippen LogP contribution in [0.2, 0.25) is 0 Å². The fraction of sp³-hybridized carbons (Fsp3) is 0.346. The molecule has 8 heteroatoms. The van der Waals surface area contributed by atoms with Crippen LogP contribution in [0.25, 0.3) is 0 Å². The van der Waals surface area contributed by atoms with E-state index in [2.05, 4.69) is 36.2 Å². The Morgan fingerprint density at radius 2 is 1.62 bits per heavy atom. The number of aryl methyl sites for hydroxylation is 1. The first-order chi connectivity index (χ1) is 16.4. The number of carbonyl (C=O) groups excluding carboxylic acids is 2. The summed E-state index contributed by atoms with van der Waals surface area (Å²) in [5.74, 6) is -1.05. The summed E-state index contributed by atoms with van der Waals surface area (Å²) in [4.78, 5) is 44.8. The summed E-state index contributed by atoms with van der Waals surface area (Å²) < 4.78 is 13.5. The molecule has 1 N–H and O–H groups in total. The molecule has 2 amide bonds. The van der Waals surface area contributed by atoms with Gasteiger partial charge in [0.05, 0.1) is 22.5 Å². The molecule has 5 nitrogen and oxygen atoms in total. The average molecular weight is 493 g/mol. The van der Waals surface area contributed by atoms with E-state index in [1.165, 1.54) is 46.1 Å². The topological polar surface area (TPSA) is 70.2 Å². The molecule has 2 saturated carbocycles. The normalized spacial score (nSPS) is 33.2. The van der Waals surface area contributed by atoms with Crippen molar-refractivity contribution in [1.29, 1.82) is 0 Å². The van der Waals surface area contributed by atoms with Gasteiger partial charge in [0.15, 0.2) is 0 Å². The lowest BCUT2D eigenvalue weighted by Crippen LogP contribution is -2.42. The summed E-state index contributed by atoms with van der Waals surface area (Å²) in [6.07, 6.45) is 0.855. The third kappa shape index (κ3) is 2.69. The van der Waals surface area contributed by atoms with Crippen molar-refractivity contribution in [3.63, 3.8) is 0 Å². The predicted octanol–water partition coefficient (Wildman–Crippen LogP) is 4.56. The number of hydrogen-bond acceptors (Lipinski definition) is 5. The first kappa shape index (κ1) is 20.6. The number of imide groups is 1. The van der Waals surface area contributed by atoms with Crippen molar-refractivity contribution >= 4 is 40.6 Å². The second-order valence-electron chi connectivity index (χ2n) is 9.86. The van der Waals surface area contributed by atoms with Crippen molar-refractivity contribution in [3.8, 4) is 0 Å². The zero-order valence-corrected chi connectivity index (χ0v) is 19.9. The lowest BCUT2D eigenvalue weighted by molar-refractivity contribution is -0.123. The van der Waals surface area contributed by atoms with E-state index in [1.807, 2.05) is 0 Å². The molecular weight excluding hydrogens is 471 g/mol. The molecule has 1 aromatic heterocycles. The second kappa shape index (κ2) is 7.15. The van der Waals surface area contributed by atoms with E-state index in [0.717, 1.165) is 21.9 Å². The van der Waals surface area contributed by atoms with E-state index in [1.54, 1.807) is 11.8 Å². The van der Waals surface area contributed by atoms with Crippen LogP contribution in [0.1, 0.15) is 28.3 Å². The molecule has 3 heterocycles. The predicted molar refractivity (Wildman–Crippen MR) is 129 cm³/mol. The number of halogens is 1. The molecule has 34 heavy (non-hydrogen) atoms. The van der Waals surface area contributed by atoms with Gasteiger partial charge < -0.3 is 4.98 Å². The molecule has 172 valence electrons. The summed E-state index contributed by atoms with van der Waals surface area (Å²) in [5.41, 5.74) is 2.78. The number of carbonyl (C=O) groups is 2. The van der Waals surface area contributed by atoms with E-state index in [-0.39, 0.29) is 57.4 Å². The van der Waals surface area contributed by atoms with Crippen LogP contribution >= 0.6 is 23.1 Å². The van der Waals surface area contributed by atoms with Gasteiger partial charge in [0.25, 0.3) is 0 Å². The van der Waals surface area contributed by atoms with Crippen molar-refractivity contribution in [2.24, 2.45) is 29.6 Å². The molecule has 4 aliphatic rings. The summed E-state index contributed by atoms with van der Waals surface area (Å²) in [7, 11) is 0. The number of thiazole rings is 1. The number of benzene rings is 2. The zero-order valence-electron chi connectivity index (χ0n) is 18.2. The summed E-state index contributed by atoms with van der Waals surface area (Å²) in [5, 5.41) is 1.08. The van der Waals surface area contributed by atoms with Gasteiger partial charge in [-0.2, -0.15) is 0 Å². The third-order valence-electron chi connectivity index (χ3n) is 8.25. The Morgan fingerprint density at radius 3 is 2.32 bits per heavy atom. The third-order valence-corrected chi connectivity index (χ3v) is 10.8. The van der Waals surface area contributed by atoms with Crippen molar-refractivity contribution in [3.05, 3.63) is 80.0 Å². The van der Waals surface area contributed by atoms with Gasteiger partial charge in [0.2, 0.25) is 11.8 Å². The first-order valence-electron chi connectivity index (χ1n) is 11.5. The van der Waals surface area contributed by atoms with Gasteiger partial charge in [-0.25, -0.2) is 4.39 Å². The van der Waals surface area contributed by atoms with Crippen molar-refractivity contribution < 1.29 is 14.0 Å². The molecule has 2 bridgehead atoms. The Labute approximate surface area is 203 Å². The molecule has 0 radical (unpaired) electrons. The Balaban J connectivity index is 1.32. The van der Waals surface area contributed by atoms with Crippen LogP contribution in [-0.2, 0) is 9.59 Å². The van der Waals surface area contributed by atoms with Gasteiger partial charge >= 0.3 is 4.87 Å². The number of amides is 2. The number of anilines is 1. The maximum absolute atomic E-state index is 13.6. The molecule has 3 fully saturated rings. The largest absolute Gasteiger partial charge is 0.307 e. The summed E-state index contributed by atoms with van der Waals surface area (Å²) in [6, 6.07) is 14.1. The highest BCUT2D eigenvalue weighted by Gasteiger charge is 2.69. The van der Waals surface area contributed by atoms with Gasteiger partial charge in [-0.3, -0.25) is 19.3 Å². The first-order valence-corrected chi connectivity index (χ1v) is 13.2. The molecule has 7 rings (SSSR count). The minimum absolute atomic E-state index is 0.0320. The minimum Gasteiger partial charge on any atom is -0.307 e. The highest BCUT2D eigenvalue weighted by atomic mass is 32.2. The standard InChI is InChI=1S/C26H21FN2O3S2/c1-11-2-4-12(5-3-11)17-18-15-10-16(21(18)33-23-22(17)34-26(32)28-23)20-19(15)24(30)29(25(20)31)14-8-6-13(27)7-9-14/h2-9,15-21H,10H2,1H3,(H,28,32)/t15-,16+,17+,18+,19+,20+,21-/m1/s1. The number of rotatable bonds is 2. The van der Waals surface area contributed by atoms with E-state index >= 15 is 0 Å². The molecule has 0 spiro atoms. The van der Waals surface area contributed by atoms with Gasteiger partial charge in [-0.1, -0.05) is 41.2 Å². The number of nitrogens with one attached hydrogen (secondary N) is 1. The van der Waals surface area contributed by atoms with E-state index < -0.39 is 5.82 Å². The molecule has 2 aliphatic heterocycles. The number of aromatic nitrogens is 1. The summed E-state index contributed by atoms with van der Waals surface area (Å²) in [6.45, 7) is 2.05. The maximum atomic E-state index is 13.6. The fourth-order valence-corrected chi connectivity index (χ4v) is 9.90. The minimum atomic E-state index is -0.397. The van der Waals surface area contributed by atoms with Crippen molar-refractivity contribution in [2.75, 3.05) is 4.90 Å². The Hall–Kier alpha value is -2.71. The van der Waals surface area contributed by atoms with Crippen LogP contribution in [0.3, 0.4) is 0 Å². The second-order valence-corrected chi connectivity index (χ2v) is 12.1. The molecule has 3 aromatic rings. The number of fused-ring (bicyclic) bond motifs is 9. The number of hydrogen-bond donors (Lipinski definition) is 1. The van der Waals surface area contributed by atoms with Crippen LogP contribution in [-0.4, -0.2) is 22.0 Å². The highest BCUT2D eigenvalue weighted by Crippen LogP contribution is 2.68. The number of aromatic amines is 1. The summed E-state index contributed by atoms with van der Waals surface area (Å²) >= 11 is 2.96. The number of thioether (sulfide) groups is 1. The lowest BCUT2D eigenvalue weighted by Gasteiger charge is -2.43. The molecular formula is C26H21FN2O3S2. The fourth-order valence-electron chi connectivity index (χ4n) is 7.01. The number of H-pyrrole nitrogens is 1. The average Bonchev–Trinajstić information content (AvgIpc) is 3.54. The van der Waals surface area contributed by atoms with E-state index in [4.69, 9.17) is 0 Å². The quantitative estimate of drug-likeness (QED) is 0.533. The molecule has 1 saturated heterocycles. The van der Waals surface area contributed by atoms with Crippen molar-refractivity contribution in [1.82, 2.24) is 4.98 Å². The molecule has 2 aromatic carbocycles. The Bertz CT molecular complexity index is 1400. The van der Waals surface area contributed by atoms with Crippen LogP contribution in [0.15, 0.2) is 58.4 Å². The smallest absolute Gasteiger partial charge is 0.305 e. The van der Waals surface area contributed by atoms with Gasteiger partial charge in [-0.15, -0.1) is 11.8 Å². The van der Waals surface area contributed by atoms with E-state index in [9.17, 15) is 18.8 Å². The van der Waals surface area contributed by atoms with E-state index in [0.29, 0.717) is 5.69 Å². The van der Waals surface area contributed by atoms with Gasteiger partial charge in [0.1, 0.15) is 5.82 Å². The molecule has 0 unspecified atom stereocenters. The molecule has 7 atom stereocenters. The number of nitrogens with zero attached hydrogens (tertiary/aromatic N) is 1. The monoisotopic (exact) mass is 492 g/mol. The van der Waals surface area contributed by atoms with Crippen LogP contribution < -0.4 is 9.77 Å². The van der Waals surface area contributed by atoms with Gasteiger partial charge in [0, 0.05) is 16.0 Å². The highest BCUT2D eigenvalue weighted by molar-refractivity contribution is 8.00. The van der Waals surface area contributed by atoms with Crippen LogP contribution in [0.4, 0.5) is 10.1 Å². The van der Waals surface area contributed by atoms with Crippen LogP contribution in [0.5, 0.6) is 0 Å². The van der Waals surface area contributed by atoms with Crippen LogP contribution in [0, 0.1) is 42.3 Å². The Morgan fingerprint density at radius 1 is 0.941 bits per heavy atom. The maximum Gasteiger partial charge on any atom is 0.305 e. The SMILES string of the molecule is Cc1ccc([C@@H]2c3sc(=O)[nH]c3S[C@@H]3[C@H]4C[C@@H]([C@@H]5C(=O)N(c6ccc(F)cc6)C(=O)[C@@H]45)[C@@H]23)cc1. The van der Waals surface area contributed by atoms with Gasteiger partial charge in [-0.05, 0) is 60.9 Å². The zero-order chi connectivity index (χ0) is 23.3. The molecule has 2 aliphatic carbocycles. The van der Waals surface area contributed by atoms with Crippen molar-refractivity contribution in [2.45, 2.75) is 29.5 Å².